The van der Waals surface area contributed by atoms with Crippen molar-refractivity contribution in [3.63, 3.8) is 0 Å². The van der Waals surface area contributed by atoms with Gasteiger partial charge in [0.1, 0.15) is 17.7 Å². The van der Waals surface area contributed by atoms with Gasteiger partial charge in [-0.05, 0) is 65.8 Å². The van der Waals surface area contributed by atoms with Crippen LogP contribution in [0.25, 0.3) is 11.1 Å². The average Bonchev–Trinajstić information content (AvgIpc) is 3.18. The first-order chi connectivity index (χ1) is 15.4. The molecule has 0 aliphatic heterocycles. The first-order valence-corrected chi connectivity index (χ1v) is 10.5. The molecule has 1 N–H and O–H groups in total. The summed E-state index contributed by atoms with van der Waals surface area (Å²) in [5, 5.41) is 9.11. The second-order valence-electron chi connectivity index (χ2n) is 8.08. The fraction of sp³-hybridized carbons (Fsp3) is 0.269. The number of hydrogen-bond acceptors (Lipinski definition) is 3. The van der Waals surface area contributed by atoms with Crippen LogP contribution in [-0.4, -0.2) is 18.2 Å². The van der Waals surface area contributed by atoms with Gasteiger partial charge in [-0.25, -0.2) is 8.78 Å². The van der Waals surface area contributed by atoms with E-state index >= 15 is 0 Å². The highest BCUT2D eigenvalue weighted by Gasteiger charge is 2.26. The highest BCUT2D eigenvalue weighted by atomic mass is 19.1. The fourth-order valence-electron chi connectivity index (χ4n) is 4.10. The van der Waals surface area contributed by atoms with Crippen molar-refractivity contribution in [3.05, 3.63) is 82.9 Å². The van der Waals surface area contributed by atoms with Crippen LogP contribution in [0.3, 0.4) is 0 Å². The van der Waals surface area contributed by atoms with Crippen molar-refractivity contribution in [2.75, 3.05) is 7.11 Å². The monoisotopic (exact) mass is 438 g/mol. The first-order valence-electron chi connectivity index (χ1n) is 10.5. The number of aliphatic carboxylic acids is 1. The third-order valence-corrected chi connectivity index (χ3v) is 5.91. The maximum Gasteiger partial charge on any atom is 0.306 e. The Balaban J connectivity index is 1.57. The Labute approximate surface area is 185 Å². The van der Waals surface area contributed by atoms with Crippen molar-refractivity contribution in [1.29, 1.82) is 0 Å². The van der Waals surface area contributed by atoms with Gasteiger partial charge in [0.25, 0.3) is 0 Å². The predicted octanol–water partition coefficient (Wildman–Crippen LogP) is 5.97. The molecular weight excluding hydrogens is 414 g/mol. The van der Waals surface area contributed by atoms with Crippen LogP contribution in [-0.2, 0) is 17.6 Å². The molecule has 1 aliphatic carbocycles. The highest BCUT2D eigenvalue weighted by molar-refractivity contribution is 5.70. The van der Waals surface area contributed by atoms with E-state index in [0.717, 1.165) is 23.1 Å². The Morgan fingerprint density at radius 3 is 2.72 bits per heavy atom. The Hall–Kier alpha value is -3.41. The number of fused-ring (bicyclic) bond motifs is 1. The summed E-state index contributed by atoms with van der Waals surface area (Å²) >= 11 is 0. The van der Waals surface area contributed by atoms with Crippen molar-refractivity contribution < 1.29 is 28.2 Å². The molecule has 2 atom stereocenters. The van der Waals surface area contributed by atoms with Crippen LogP contribution in [0.2, 0.25) is 0 Å². The quantitative estimate of drug-likeness (QED) is 0.494. The number of carboxylic acid groups (broad SMARTS) is 1. The molecule has 0 aromatic heterocycles. The van der Waals surface area contributed by atoms with E-state index in [4.69, 9.17) is 14.6 Å². The summed E-state index contributed by atoms with van der Waals surface area (Å²) in [6, 6.07) is 15.1. The molecule has 3 aromatic carbocycles. The number of halogens is 2. The van der Waals surface area contributed by atoms with Crippen LogP contribution in [0.4, 0.5) is 8.78 Å². The molecule has 0 amide bonds. The van der Waals surface area contributed by atoms with Gasteiger partial charge in [0.2, 0.25) is 0 Å². The molecule has 0 radical (unpaired) electrons. The van der Waals surface area contributed by atoms with Gasteiger partial charge in [-0.15, -0.1) is 0 Å². The van der Waals surface area contributed by atoms with Gasteiger partial charge in [0, 0.05) is 5.56 Å². The van der Waals surface area contributed by atoms with Gasteiger partial charge < -0.3 is 14.6 Å². The van der Waals surface area contributed by atoms with E-state index in [2.05, 4.69) is 0 Å². The van der Waals surface area contributed by atoms with E-state index in [9.17, 15) is 13.6 Å². The minimum Gasteiger partial charge on any atom is -0.497 e. The minimum absolute atomic E-state index is 0.0923. The number of methoxy groups -OCH3 is 1. The molecule has 0 fully saturated rings. The van der Waals surface area contributed by atoms with E-state index in [1.165, 1.54) is 13.2 Å². The third kappa shape index (κ3) is 4.31. The number of ether oxygens (including phenoxy) is 2. The van der Waals surface area contributed by atoms with Crippen molar-refractivity contribution >= 4 is 5.97 Å². The third-order valence-electron chi connectivity index (χ3n) is 5.91. The van der Waals surface area contributed by atoms with Crippen molar-refractivity contribution in [2.24, 2.45) is 5.92 Å². The molecule has 0 saturated heterocycles. The summed E-state index contributed by atoms with van der Waals surface area (Å²) in [4.78, 5) is 11.1. The molecule has 0 spiro atoms. The standard InChI is InChI=1S/C26H24F2O4/c1-15(26(29)30)12-18-4-3-5-24(25(18)28)32-23-11-7-16-13-17(6-9-20(16)23)21-14-19(31-2)8-10-22(21)27/h3-6,8-10,13-15,23H,7,11-12H2,1-2H3,(H,29,30)/t15-,23+/m0/s1. The van der Waals surface area contributed by atoms with E-state index in [-0.39, 0.29) is 24.1 Å². The van der Waals surface area contributed by atoms with E-state index in [1.54, 1.807) is 37.3 Å². The van der Waals surface area contributed by atoms with Crippen LogP contribution in [0.5, 0.6) is 11.5 Å². The van der Waals surface area contributed by atoms with Crippen LogP contribution in [0.15, 0.2) is 54.6 Å². The Morgan fingerprint density at radius 2 is 1.97 bits per heavy atom. The first kappa shape index (κ1) is 21.8. The highest BCUT2D eigenvalue weighted by Crippen LogP contribution is 2.39. The average molecular weight is 438 g/mol. The van der Waals surface area contributed by atoms with Gasteiger partial charge >= 0.3 is 5.97 Å². The summed E-state index contributed by atoms with van der Waals surface area (Å²) in [7, 11) is 1.54. The van der Waals surface area contributed by atoms with Crippen LogP contribution in [0.1, 0.15) is 36.1 Å². The zero-order valence-corrected chi connectivity index (χ0v) is 17.9. The number of benzene rings is 3. The summed E-state index contributed by atoms with van der Waals surface area (Å²) < 4.78 is 40.5. The lowest BCUT2D eigenvalue weighted by Gasteiger charge is -2.17. The van der Waals surface area contributed by atoms with Crippen molar-refractivity contribution in [2.45, 2.75) is 32.3 Å². The molecule has 4 rings (SSSR count). The summed E-state index contributed by atoms with van der Waals surface area (Å²) in [6.07, 6.45) is 1.18. The van der Waals surface area contributed by atoms with Crippen molar-refractivity contribution in [1.82, 2.24) is 0 Å². The molecule has 4 nitrogen and oxygen atoms in total. The minimum atomic E-state index is -0.969. The molecule has 0 bridgehead atoms. The lowest BCUT2D eigenvalue weighted by Crippen LogP contribution is -2.13. The second-order valence-corrected chi connectivity index (χ2v) is 8.08. The molecule has 3 aromatic rings. The predicted molar refractivity (Wildman–Crippen MR) is 117 cm³/mol. The van der Waals surface area contributed by atoms with E-state index in [0.29, 0.717) is 23.3 Å². The van der Waals surface area contributed by atoms with Crippen LogP contribution in [0, 0.1) is 17.6 Å². The Bertz CT molecular complexity index is 1160. The number of carboxylic acids is 1. The normalized spacial score (nSPS) is 15.8. The number of rotatable bonds is 7. The molecule has 6 heteroatoms. The van der Waals surface area contributed by atoms with Gasteiger partial charge in [-0.2, -0.15) is 0 Å². The fourth-order valence-corrected chi connectivity index (χ4v) is 4.10. The van der Waals surface area contributed by atoms with Gasteiger partial charge in [0.05, 0.1) is 13.0 Å². The Kier molecular flexibility index (Phi) is 6.12. The lowest BCUT2D eigenvalue weighted by atomic mass is 9.99. The largest absolute Gasteiger partial charge is 0.497 e. The molecule has 166 valence electrons. The lowest BCUT2D eigenvalue weighted by molar-refractivity contribution is -0.141. The zero-order chi connectivity index (χ0) is 22.8. The van der Waals surface area contributed by atoms with Crippen LogP contribution < -0.4 is 9.47 Å². The van der Waals surface area contributed by atoms with Crippen LogP contribution >= 0.6 is 0 Å². The summed E-state index contributed by atoms with van der Waals surface area (Å²) in [5.74, 6) is -1.82. The zero-order valence-electron chi connectivity index (χ0n) is 17.9. The molecule has 0 unspecified atom stereocenters. The topological polar surface area (TPSA) is 55.8 Å². The number of hydrogen-bond donors (Lipinski definition) is 1. The molecular formula is C26H24F2O4. The summed E-state index contributed by atoms with van der Waals surface area (Å²) in [6.45, 7) is 1.55. The molecule has 1 aliphatic rings. The number of aryl methyl sites for hydroxylation is 1. The Morgan fingerprint density at radius 1 is 1.16 bits per heavy atom. The SMILES string of the molecule is COc1ccc(F)c(-c2ccc3c(c2)CC[C@H]3Oc2cccc(C[C@H](C)C(=O)O)c2F)c1. The summed E-state index contributed by atoms with van der Waals surface area (Å²) in [5.41, 5.74) is 3.51. The number of carbonyl (C=O) groups is 1. The maximum atomic E-state index is 15.0. The molecule has 32 heavy (non-hydrogen) atoms. The maximum absolute atomic E-state index is 15.0. The van der Waals surface area contributed by atoms with E-state index in [1.807, 2.05) is 18.2 Å². The molecule has 0 saturated carbocycles. The smallest absolute Gasteiger partial charge is 0.306 e. The second kappa shape index (κ2) is 8.99. The van der Waals surface area contributed by atoms with Gasteiger partial charge in [-0.1, -0.05) is 37.3 Å². The van der Waals surface area contributed by atoms with Crippen molar-refractivity contribution in [3.8, 4) is 22.6 Å². The van der Waals surface area contributed by atoms with Gasteiger partial charge in [0.15, 0.2) is 11.6 Å². The van der Waals surface area contributed by atoms with E-state index < -0.39 is 17.7 Å². The molecule has 0 heterocycles. The van der Waals surface area contributed by atoms with Gasteiger partial charge in [-0.3, -0.25) is 4.79 Å².